The van der Waals surface area contributed by atoms with Crippen LogP contribution in [0.2, 0.25) is 0 Å². The first kappa shape index (κ1) is 16.2. The second kappa shape index (κ2) is 6.05. The van der Waals surface area contributed by atoms with E-state index in [0.29, 0.717) is 5.92 Å². The highest BCUT2D eigenvalue weighted by Crippen LogP contribution is 2.36. The molecule has 2 aliphatic rings. The van der Waals surface area contributed by atoms with E-state index in [4.69, 9.17) is 4.98 Å². The van der Waals surface area contributed by atoms with Crippen LogP contribution in [0.25, 0.3) is 22.0 Å². The van der Waals surface area contributed by atoms with Crippen LogP contribution in [-0.2, 0) is 13.5 Å². The van der Waals surface area contributed by atoms with Crippen molar-refractivity contribution in [3.63, 3.8) is 0 Å². The van der Waals surface area contributed by atoms with Gasteiger partial charge >= 0.3 is 0 Å². The predicted octanol–water partition coefficient (Wildman–Crippen LogP) is 5.33. The molecule has 3 nitrogen and oxygen atoms in total. The van der Waals surface area contributed by atoms with Crippen molar-refractivity contribution in [1.29, 1.82) is 0 Å². The zero-order valence-corrected chi connectivity index (χ0v) is 16.0. The molecule has 0 amide bonds. The second-order valence-corrected chi connectivity index (χ2v) is 7.80. The van der Waals surface area contributed by atoms with Gasteiger partial charge in [-0.15, -0.1) is 0 Å². The van der Waals surface area contributed by atoms with Gasteiger partial charge in [0.2, 0.25) is 0 Å². The molecule has 0 spiro atoms. The van der Waals surface area contributed by atoms with Gasteiger partial charge in [0.1, 0.15) is 0 Å². The molecule has 3 aromatic rings. The van der Waals surface area contributed by atoms with Crippen molar-refractivity contribution in [1.82, 2.24) is 14.8 Å². The number of fused-ring (bicyclic) bond motifs is 2. The molecule has 1 unspecified atom stereocenters. The van der Waals surface area contributed by atoms with Crippen molar-refractivity contribution >= 4 is 22.0 Å². The molecule has 3 heteroatoms. The molecule has 5 rings (SSSR count). The first-order valence-corrected chi connectivity index (χ1v) is 9.61. The largest absolute Gasteiger partial charge is 0.275 e. The Bertz CT molecular complexity index is 1160. The third-order valence-corrected chi connectivity index (χ3v) is 5.65. The Hall–Kier alpha value is -2.94. The Morgan fingerprint density at radius 3 is 2.81 bits per heavy atom. The molecule has 2 aliphatic carbocycles. The minimum absolute atomic E-state index is 0.623. The summed E-state index contributed by atoms with van der Waals surface area (Å²) in [6, 6.07) is 8.85. The molecule has 0 aliphatic heterocycles. The highest BCUT2D eigenvalue weighted by molar-refractivity contribution is 5.91. The number of pyridine rings is 1. The van der Waals surface area contributed by atoms with Gasteiger partial charge in [-0.25, -0.2) is 0 Å². The fourth-order valence-corrected chi connectivity index (χ4v) is 4.33. The number of benzene rings is 1. The van der Waals surface area contributed by atoms with E-state index in [1.54, 1.807) is 0 Å². The van der Waals surface area contributed by atoms with Crippen LogP contribution in [0.4, 0.5) is 0 Å². The zero-order valence-electron chi connectivity index (χ0n) is 16.0. The van der Waals surface area contributed by atoms with Crippen LogP contribution >= 0.6 is 0 Å². The summed E-state index contributed by atoms with van der Waals surface area (Å²) >= 11 is 0. The lowest BCUT2D eigenvalue weighted by atomic mass is 9.88. The highest BCUT2D eigenvalue weighted by atomic mass is 15.2. The maximum atomic E-state index is 4.79. The minimum atomic E-state index is 0.623. The van der Waals surface area contributed by atoms with Crippen LogP contribution in [0.1, 0.15) is 42.7 Å². The zero-order chi connectivity index (χ0) is 18.5. The summed E-state index contributed by atoms with van der Waals surface area (Å²) in [6.45, 7) is 4.48. The maximum absolute atomic E-state index is 4.79. The average molecular weight is 353 g/mol. The van der Waals surface area contributed by atoms with Gasteiger partial charge in [0.15, 0.2) is 0 Å². The molecule has 2 heterocycles. The predicted molar refractivity (Wildman–Crippen MR) is 111 cm³/mol. The number of allylic oxidation sites excluding steroid dienone is 5. The molecule has 1 aromatic carbocycles. The Morgan fingerprint density at radius 2 is 1.96 bits per heavy atom. The Labute approximate surface area is 159 Å². The van der Waals surface area contributed by atoms with E-state index in [1.807, 2.05) is 17.9 Å². The summed E-state index contributed by atoms with van der Waals surface area (Å²) < 4.78 is 1.87. The quantitative estimate of drug-likeness (QED) is 0.624. The monoisotopic (exact) mass is 353 g/mol. The third kappa shape index (κ3) is 2.74. The van der Waals surface area contributed by atoms with E-state index in [9.17, 15) is 0 Å². The van der Waals surface area contributed by atoms with E-state index in [-0.39, 0.29) is 0 Å². The summed E-state index contributed by atoms with van der Waals surface area (Å²) in [5.41, 5.74) is 9.92. The van der Waals surface area contributed by atoms with E-state index >= 15 is 0 Å². The highest BCUT2D eigenvalue weighted by Gasteiger charge is 2.20. The van der Waals surface area contributed by atoms with Crippen LogP contribution in [0.3, 0.4) is 0 Å². The topological polar surface area (TPSA) is 30.7 Å². The normalized spacial score (nSPS) is 18.9. The summed E-state index contributed by atoms with van der Waals surface area (Å²) in [5, 5.41) is 5.66. The molecule has 2 aromatic heterocycles. The Balaban J connectivity index is 1.56. The first-order valence-electron chi connectivity index (χ1n) is 9.61. The lowest BCUT2D eigenvalue weighted by Crippen LogP contribution is -2.01. The number of aromatic nitrogens is 3. The molecule has 0 fully saturated rings. The molecule has 27 heavy (non-hydrogen) atoms. The van der Waals surface area contributed by atoms with E-state index in [1.165, 1.54) is 44.5 Å². The van der Waals surface area contributed by atoms with Crippen LogP contribution in [-0.4, -0.2) is 14.8 Å². The third-order valence-electron chi connectivity index (χ3n) is 5.65. The van der Waals surface area contributed by atoms with Crippen molar-refractivity contribution in [3.8, 4) is 0 Å². The van der Waals surface area contributed by atoms with Crippen molar-refractivity contribution in [2.24, 2.45) is 13.0 Å². The van der Waals surface area contributed by atoms with Crippen LogP contribution in [0.15, 0.2) is 60.5 Å². The number of hydrogen-bond donors (Lipinski definition) is 0. The van der Waals surface area contributed by atoms with Crippen molar-refractivity contribution in [3.05, 3.63) is 82.8 Å². The number of aryl methyl sites for hydroxylation is 1. The molecule has 0 saturated carbocycles. The molecule has 0 N–H and O–H groups in total. The summed E-state index contributed by atoms with van der Waals surface area (Å²) in [4.78, 5) is 4.79. The van der Waals surface area contributed by atoms with Gasteiger partial charge in [-0.2, -0.15) is 5.10 Å². The Morgan fingerprint density at radius 1 is 1.07 bits per heavy atom. The van der Waals surface area contributed by atoms with Crippen LogP contribution < -0.4 is 0 Å². The standard InChI is InChI=1S/C24H23N3/c1-15-4-6-20(16(2)10-15)18-12-22-21(7-9-24(22)25-13-18)17-5-8-23-19(11-17)14-27(3)26-23/h5-8,10-15H,4,9H2,1-3H3. The van der Waals surface area contributed by atoms with E-state index in [0.717, 1.165) is 18.4 Å². The van der Waals surface area contributed by atoms with Crippen molar-refractivity contribution in [2.75, 3.05) is 0 Å². The maximum Gasteiger partial charge on any atom is 0.0923 e. The van der Waals surface area contributed by atoms with E-state index < -0.39 is 0 Å². The van der Waals surface area contributed by atoms with Crippen molar-refractivity contribution in [2.45, 2.75) is 26.7 Å². The molecular weight excluding hydrogens is 330 g/mol. The van der Waals surface area contributed by atoms with Gasteiger partial charge < -0.3 is 0 Å². The average Bonchev–Trinajstić information content (AvgIpc) is 3.22. The second-order valence-electron chi connectivity index (χ2n) is 7.80. The van der Waals surface area contributed by atoms with Crippen molar-refractivity contribution < 1.29 is 0 Å². The first-order chi connectivity index (χ1) is 13.1. The van der Waals surface area contributed by atoms with Crippen LogP contribution in [0.5, 0.6) is 0 Å². The molecule has 134 valence electrons. The molecule has 0 radical (unpaired) electrons. The Kier molecular flexibility index (Phi) is 3.64. The number of rotatable bonds is 2. The molecule has 1 atom stereocenters. The SMILES string of the molecule is CC1=CC(C)CC=C1c1cnc2c(c1)C(c1ccc3nn(C)cc3c1)=CC2. The van der Waals surface area contributed by atoms with Gasteiger partial charge in [0.25, 0.3) is 0 Å². The van der Waals surface area contributed by atoms with E-state index in [2.05, 4.69) is 67.6 Å². The smallest absolute Gasteiger partial charge is 0.0923 e. The van der Waals surface area contributed by atoms with Gasteiger partial charge in [-0.3, -0.25) is 9.67 Å². The molecular formula is C24H23N3. The summed E-state index contributed by atoms with van der Waals surface area (Å²) in [6.07, 6.45) is 13.2. The van der Waals surface area contributed by atoms with Gasteiger partial charge in [0, 0.05) is 42.4 Å². The lowest BCUT2D eigenvalue weighted by Gasteiger charge is -2.18. The van der Waals surface area contributed by atoms with Crippen LogP contribution in [0, 0.1) is 5.92 Å². The summed E-state index contributed by atoms with van der Waals surface area (Å²) in [7, 11) is 1.97. The lowest BCUT2D eigenvalue weighted by molar-refractivity contribution is 0.732. The van der Waals surface area contributed by atoms with Gasteiger partial charge in [-0.1, -0.05) is 31.2 Å². The van der Waals surface area contributed by atoms with Gasteiger partial charge in [-0.05, 0) is 59.7 Å². The summed E-state index contributed by atoms with van der Waals surface area (Å²) in [5.74, 6) is 0.623. The fraction of sp³-hybridized carbons (Fsp3) is 0.250. The van der Waals surface area contributed by atoms with Gasteiger partial charge in [0.05, 0.1) is 11.2 Å². The molecule has 0 bridgehead atoms. The fourth-order valence-electron chi connectivity index (χ4n) is 4.33. The number of hydrogen-bond acceptors (Lipinski definition) is 2. The number of nitrogens with zero attached hydrogens (tertiary/aromatic N) is 3. The molecule has 0 saturated heterocycles. The minimum Gasteiger partial charge on any atom is -0.275 e.